The molecule has 0 fully saturated rings. The molecule has 0 amide bonds. The number of rotatable bonds is 1. The van der Waals surface area contributed by atoms with Crippen LogP contribution in [0.2, 0.25) is 15.1 Å². The van der Waals surface area contributed by atoms with Crippen molar-refractivity contribution in [2.75, 3.05) is 0 Å². The first-order valence-electron chi connectivity index (χ1n) is 4.49. The number of halogens is 4. The molecule has 0 atom stereocenters. The van der Waals surface area contributed by atoms with E-state index in [0.29, 0.717) is 5.56 Å². The van der Waals surface area contributed by atoms with Crippen LogP contribution in [-0.4, -0.2) is 10.1 Å². The number of hydrogen-bond acceptors (Lipinski definition) is 2. The van der Waals surface area contributed by atoms with Crippen LogP contribution in [0.3, 0.4) is 0 Å². The van der Waals surface area contributed by atoms with Gasteiger partial charge in [-0.05, 0) is 12.1 Å². The molecule has 0 aliphatic rings. The van der Waals surface area contributed by atoms with Crippen molar-refractivity contribution in [3.63, 3.8) is 0 Å². The van der Waals surface area contributed by atoms with E-state index in [2.05, 4.69) is 4.98 Å². The van der Waals surface area contributed by atoms with Crippen molar-refractivity contribution >= 4 is 34.8 Å². The fraction of sp³-hybridized carbons (Fsp3) is 0. The normalized spacial score (nSPS) is 10.6. The molecule has 6 heteroatoms. The summed E-state index contributed by atoms with van der Waals surface area (Å²) in [6.45, 7) is 0. The summed E-state index contributed by atoms with van der Waals surface area (Å²) in [7, 11) is 0. The smallest absolute Gasteiger partial charge is 0.221 e. The second-order valence-electron chi connectivity index (χ2n) is 3.25. The Morgan fingerprint density at radius 2 is 1.76 bits per heavy atom. The van der Waals surface area contributed by atoms with Gasteiger partial charge in [0.2, 0.25) is 5.95 Å². The summed E-state index contributed by atoms with van der Waals surface area (Å²) < 4.78 is 13.5. The van der Waals surface area contributed by atoms with E-state index in [1.807, 2.05) is 0 Å². The van der Waals surface area contributed by atoms with Gasteiger partial charge in [0.25, 0.3) is 0 Å². The number of hydrogen-bond donors (Lipinski definition) is 1. The molecule has 0 aliphatic carbocycles. The number of nitrogens with zero attached hydrogens (tertiary/aromatic N) is 1. The van der Waals surface area contributed by atoms with Crippen molar-refractivity contribution in [1.29, 1.82) is 0 Å². The summed E-state index contributed by atoms with van der Waals surface area (Å²) in [6, 6.07) is 4.22. The highest BCUT2D eigenvalue weighted by molar-refractivity contribution is 6.49. The zero-order chi connectivity index (χ0) is 12.6. The third kappa shape index (κ3) is 2.32. The Morgan fingerprint density at radius 1 is 1.06 bits per heavy atom. The van der Waals surface area contributed by atoms with Crippen LogP contribution in [0, 0.1) is 5.95 Å². The highest BCUT2D eigenvalue weighted by Gasteiger charge is 2.15. The minimum atomic E-state index is -0.747. The molecule has 2 nitrogen and oxygen atoms in total. The Hall–Kier alpha value is -1.03. The number of pyridine rings is 1. The van der Waals surface area contributed by atoms with E-state index >= 15 is 0 Å². The summed E-state index contributed by atoms with van der Waals surface area (Å²) in [5, 5.41) is 9.80. The fourth-order valence-electron chi connectivity index (χ4n) is 1.36. The van der Waals surface area contributed by atoms with Crippen molar-refractivity contribution in [2.24, 2.45) is 0 Å². The summed E-state index contributed by atoms with van der Waals surface area (Å²) in [4.78, 5) is 3.40. The van der Waals surface area contributed by atoms with Gasteiger partial charge in [0, 0.05) is 11.1 Å². The van der Waals surface area contributed by atoms with Crippen LogP contribution in [0.25, 0.3) is 11.1 Å². The van der Waals surface area contributed by atoms with Crippen LogP contribution < -0.4 is 0 Å². The van der Waals surface area contributed by atoms with E-state index in [1.54, 1.807) is 0 Å². The van der Waals surface area contributed by atoms with Crippen molar-refractivity contribution < 1.29 is 9.50 Å². The molecule has 0 spiro atoms. The van der Waals surface area contributed by atoms with Crippen LogP contribution in [-0.2, 0) is 0 Å². The minimum absolute atomic E-state index is 0.0635. The first-order valence-corrected chi connectivity index (χ1v) is 5.62. The Labute approximate surface area is 112 Å². The topological polar surface area (TPSA) is 33.1 Å². The molecule has 0 unspecified atom stereocenters. The Morgan fingerprint density at radius 3 is 2.47 bits per heavy atom. The van der Waals surface area contributed by atoms with Gasteiger partial charge in [-0.3, -0.25) is 0 Å². The first-order chi connectivity index (χ1) is 8.00. The van der Waals surface area contributed by atoms with Crippen LogP contribution in [0.4, 0.5) is 4.39 Å². The molecule has 0 saturated heterocycles. The molecule has 0 aliphatic heterocycles. The summed E-state index contributed by atoms with van der Waals surface area (Å²) in [5.74, 6) is -0.911. The highest BCUT2D eigenvalue weighted by Crippen LogP contribution is 2.39. The van der Waals surface area contributed by atoms with Crippen LogP contribution >= 0.6 is 34.8 Å². The second-order valence-corrected chi connectivity index (χ2v) is 4.42. The van der Waals surface area contributed by atoms with Gasteiger partial charge in [-0.1, -0.05) is 40.9 Å². The first kappa shape index (κ1) is 12.4. The fourth-order valence-corrected chi connectivity index (χ4v) is 2.00. The predicted octanol–water partition coefficient (Wildman–Crippen LogP) is 4.55. The van der Waals surface area contributed by atoms with E-state index in [9.17, 15) is 9.50 Å². The largest absolute Gasteiger partial charge is 0.506 e. The molecular weight excluding hydrogens is 287 g/mol. The van der Waals surface area contributed by atoms with E-state index in [4.69, 9.17) is 34.8 Å². The third-order valence-electron chi connectivity index (χ3n) is 2.15. The van der Waals surface area contributed by atoms with Crippen molar-refractivity contribution in [3.8, 4) is 16.9 Å². The molecule has 1 aromatic carbocycles. The maximum absolute atomic E-state index is 13.5. The third-order valence-corrected chi connectivity index (χ3v) is 3.44. The van der Waals surface area contributed by atoms with Gasteiger partial charge in [-0.2, -0.15) is 4.39 Å². The monoisotopic (exact) mass is 291 g/mol. The van der Waals surface area contributed by atoms with Gasteiger partial charge in [0.1, 0.15) is 5.75 Å². The van der Waals surface area contributed by atoms with Gasteiger partial charge in [-0.15, -0.1) is 0 Å². The summed E-state index contributed by atoms with van der Waals surface area (Å²) >= 11 is 17.6. The molecule has 2 rings (SSSR count). The number of aromatic hydroxyl groups is 1. The van der Waals surface area contributed by atoms with Gasteiger partial charge in [-0.25, -0.2) is 4.98 Å². The number of aromatic nitrogens is 1. The average molecular weight is 293 g/mol. The Bertz CT molecular complexity index is 589. The minimum Gasteiger partial charge on any atom is -0.506 e. The van der Waals surface area contributed by atoms with Crippen LogP contribution in [0.1, 0.15) is 0 Å². The maximum atomic E-state index is 13.5. The van der Waals surface area contributed by atoms with Crippen LogP contribution in [0.15, 0.2) is 24.4 Å². The van der Waals surface area contributed by atoms with Crippen molar-refractivity contribution in [3.05, 3.63) is 45.4 Å². The van der Waals surface area contributed by atoms with Gasteiger partial charge < -0.3 is 5.11 Å². The Kier molecular flexibility index (Phi) is 3.43. The highest BCUT2D eigenvalue weighted by atomic mass is 35.5. The molecule has 17 heavy (non-hydrogen) atoms. The Balaban J connectivity index is 2.69. The predicted molar refractivity (Wildman–Crippen MR) is 66.3 cm³/mol. The van der Waals surface area contributed by atoms with Gasteiger partial charge in [0.05, 0.1) is 21.3 Å². The lowest BCUT2D eigenvalue weighted by Gasteiger charge is -2.08. The lowest BCUT2D eigenvalue weighted by atomic mass is 10.1. The maximum Gasteiger partial charge on any atom is 0.221 e. The van der Waals surface area contributed by atoms with E-state index < -0.39 is 5.95 Å². The van der Waals surface area contributed by atoms with Crippen LogP contribution in [0.5, 0.6) is 5.75 Å². The molecular formula is C11H5Cl3FNO. The molecule has 0 saturated carbocycles. The zero-order valence-corrected chi connectivity index (χ0v) is 10.5. The van der Waals surface area contributed by atoms with E-state index in [1.165, 1.54) is 18.2 Å². The molecule has 1 aromatic heterocycles. The van der Waals surface area contributed by atoms with E-state index in [-0.39, 0.29) is 26.4 Å². The quantitative estimate of drug-likeness (QED) is 0.617. The lowest BCUT2D eigenvalue weighted by Crippen LogP contribution is -1.90. The average Bonchev–Trinajstić information content (AvgIpc) is 2.30. The lowest BCUT2D eigenvalue weighted by molar-refractivity contribution is 0.467. The molecule has 2 aromatic rings. The second kappa shape index (κ2) is 4.69. The molecule has 1 N–H and O–H groups in total. The van der Waals surface area contributed by atoms with Crippen molar-refractivity contribution in [2.45, 2.75) is 0 Å². The molecule has 0 bridgehead atoms. The van der Waals surface area contributed by atoms with Crippen molar-refractivity contribution in [1.82, 2.24) is 4.98 Å². The van der Waals surface area contributed by atoms with E-state index in [0.717, 1.165) is 6.20 Å². The zero-order valence-electron chi connectivity index (χ0n) is 8.22. The summed E-state index contributed by atoms with van der Waals surface area (Å²) in [6.07, 6.45) is 1.00. The molecule has 88 valence electrons. The molecule has 0 radical (unpaired) electrons. The SMILES string of the molecule is Oc1cnc(F)c(-c2ccc(Cl)c(Cl)c2Cl)c1. The molecule has 1 heterocycles. The van der Waals surface area contributed by atoms with Gasteiger partial charge in [0.15, 0.2) is 0 Å². The standard InChI is InChI=1S/C11H5Cl3FNO/c12-8-2-1-6(9(13)10(8)14)7-3-5(17)4-16-11(7)15/h1-4,17H. The summed E-state index contributed by atoms with van der Waals surface area (Å²) in [5.41, 5.74) is 0.385. The number of benzene rings is 1. The van der Waals surface area contributed by atoms with Gasteiger partial charge >= 0.3 is 0 Å².